The molecule has 0 radical (unpaired) electrons. The van der Waals surface area contributed by atoms with Gasteiger partial charge in [-0.2, -0.15) is 0 Å². The van der Waals surface area contributed by atoms with Crippen molar-refractivity contribution in [2.45, 2.75) is 101 Å². The van der Waals surface area contributed by atoms with Crippen molar-refractivity contribution in [2.24, 2.45) is 11.8 Å². The van der Waals surface area contributed by atoms with Crippen LogP contribution in [0.1, 0.15) is 82.3 Å². The summed E-state index contributed by atoms with van der Waals surface area (Å²) in [4.78, 5) is 55.9. The van der Waals surface area contributed by atoms with Crippen molar-refractivity contribution < 1.29 is 41.8 Å². The number of cyclic esters (lactones) is 1. The number of fused-ring (bicyclic) bond motifs is 4. The quantitative estimate of drug-likeness (QED) is 0.278. The number of amides is 3. The smallest absolute Gasteiger partial charge is 0.306 e. The molecule has 5 atom stereocenters. The van der Waals surface area contributed by atoms with E-state index in [1.807, 2.05) is 37.3 Å². The summed E-state index contributed by atoms with van der Waals surface area (Å²) in [6.07, 6.45) is 9.44. The van der Waals surface area contributed by atoms with Gasteiger partial charge in [0.15, 0.2) is 0 Å². The van der Waals surface area contributed by atoms with Crippen molar-refractivity contribution in [3.63, 3.8) is 0 Å². The number of unbranched alkanes of at least 4 members (excludes halogenated alkanes) is 1. The van der Waals surface area contributed by atoms with Gasteiger partial charge in [-0.3, -0.25) is 23.9 Å². The summed E-state index contributed by atoms with van der Waals surface area (Å²) in [6.45, 7) is 6.29. The first-order valence-electron chi connectivity index (χ1n) is 16.9. The first-order chi connectivity index (χ1) is 23.0. The number of allylic oxidation sites excluding steroid dienone is 1. The molecular formula is C35H47N3O9S. The molecule has 5 rings (SSSR count). The zero-order chi connectivity index (χ0) is 34.5. The van der Waals surface area contributed by atoms with E-state index in [0.29, 0.717) is 44.3 Å². The van der Waals surface area contributed by atoms with Crippen LogP contribution in [-0.2, 0) is 45.3 Å². The highest BCUT2D eigenvalue weighted by Crippen LogP contribution is 2.45. The zero-order valence-corrected chi connectivity index (χ0v) is 28.6. The number of carbonyl (C=O) groups excluding carboxylic acids is 4. The Morgan fingerprint density at radius 1 is 1.21 bits per heavy atom. The van der Waals surface area contributed by atoms with E-state index in [0.717, 1.165) is 17.5 Å². The number of benzene rings is 1. The van der Waals surface area contributed by atoms with Crippen LogP contribution in [-0.4, -0.2) is 80.2 Å². The Balaban J connectivity index is 1.41. The van der Waals surface area contributed by atoms with Gasteiger partial charge in [0.05, 0.1) is 38.1 Å². The molecule has 12 nitrogen and oxygen atoms in total. The minimum Gasteiger partial charge on any atom is -0.497 e. The fourth-order valence-electron chi connectivity index (χ4n) is 6.49. The molecule has 262 valence electrons. The van der Waals surface area contributed by atoms with Gasteiger partial charge >= 0.3 is 5.97 Å². The molecule has 2 aliphatic heterocycles. The number of hydrogen-bond acceptors (Lipinski definition) is 9. The predicted molar refractivity (Wildman–Crippen MR) is 178 cm³/mol. The Bertz CT molecular complexity index is 1540. The Labute approximate surface area is 282 Å². The number of nitrogens with one attached hydrogen (secondary N) is 2. The zero-order valence-electron chi connectivity index (χ0n) is 27.8. The molecule has 1 saturated heterocycles. The molecule has 2 aliphatic carbocycles. The van der Waals surface area contributed by atoms with E-state index in [-0.39, 0.29) is 44.9 Å². The molecule has 2 N–H and O–H groups in total. The number of sulfonamides is 1. The second kappa shape index (κ2) is 15.2. The maximum absolute atomic E-state index is 14.2. The molecule has 1 aromatic carbocycles. The fourth-order valence-corrected chi connectivity index (χ4v) is 7.86. The molecule has 48 heavy (non-hydrogen) atoms. The van der Waals surface area contributed by atoms with E-state index >= 15 is 0 Å². The predicted octanol–water partition coefficient (Wildman–Crippen LogP) is 3.40. The molecule has 2 heterocycles. The summed E-state index contributed by atoms with van der Waals surface area (Å²) >= 11 is 0. The minimum atomic E-state index is -3.85. The molecule has 4 aliphatic rings. The molecule has 2 saturated carbocycles. The van der Waals surface area contributed by atoms with Crippen LogP contribution in [0.15, 0.2) is 36.9 Å². The van der Waals surface area contributed by atoms with Gasteiger partial charge in [-0.1, -0.05) is 38.0 Å². The second-order valence-corrected chi connectivity index (χ2v) is 15.2. The van der Waals surface area contributed by atoms with Crippen LogP contribution < -0.4 is 14.8 Å². The molecule has 13 heteroatoms. The molecule has 0 aromatic heterocycles. The first-order valence-corrected chi connectivity index (χ1v) is 18.5. The van der Waals surface area contributed by atoms with Gasteiger partial charge in [-0.25, -0.2) is 8.42 Å². The Morgan fingerprint density at radius 2 is 2.00 bits per heavy atom. The average molecular weight is 686 g/mol. The van der Waals surface area contributed by atoms with Crippen molar-refractivity contribution in [3.05, 3.63) is 48.1 Å². The number of hydrogen-bond donors (Lipinski definition) is 2. The number of carbonyl (C=O) groups is 4. The molecule has 3 amide bonds. The Kier molecular flexibility index (Phi) is 11.3. The van der Waals surface area contributed by atoms with Gasteiger partial charge < -0.3 is 24.4 Å². The van der Waals surface area contributed by atoms with E-state index < -0.39 is 62.6 Å². The third-order valence-electron chi connectivity index (χ3n) is 9.56. The summed E-state index contributed by atoms with van der Waals surface area (Å²) in [5, 5.41) is 2.19. The van der Waals surface area contributed by atoms with Gasteiger partial charge in [0, 0.05) is 24.8 Å². The van der Waals surface area contributed by atoms with Crippen LogP contribution in [0.2, 0.25) is 0 Å². The number of methoxy groups -OCH3 is 1. The molecular weight excluding hydrogens is 638 g/mol. The van der Waals surface area contributed by atoms with Gasteiger partial charge in [0.1, 0.15) is 17.3 Å². The molecule has 1 unspecified atom stereocenters. The minimum absolute atomic E-state index is 0.103. The van der Waals surface area contributed by atoms with Crippen LogP contribution in [0, 0.1) is 11.8 Å². The molecule has 0 spiro atoms. The van der Waals surface area contributed by atoms with Crippen LogP contribution >= 0.6 is 0 Å². The highest BCUT2D eigenvalue weighted by atomic mass is 32.2. The monoisotopic (exact) mass is 685 g/mol. The highest BCUT2D eigenvalue weighted by molar-refractivity contribution is 7.91. The SMILES string of the molecule is C=C[C@@H]1C[C@]1(NC(=O)[C@@H]1CC2CN1C(=O)[C@H](CCCC)CC(=O)OCCC/C=C/c1cc(cc(OC)c1)CO2)C(=O)NS(=O)(=O)C1CC1. The summed E-state index contributed by atoms with van der Waals surface area (Å²) in [5.41, 5.74) is 0.283. The lowest BCUT2D eigenvalue weighted by Crippen LogP contribution is -2.57. The summed E-state index contributed by atoms with van der Waals surface area (Å²) < 4.78 is 44.6. The van der Waals surface area contributed by atoms with Gasteiger partial charge in [-0.15, -0.1) is 6.58 Å². The number of nitrogens with zero attached hydrogens (tertiary/aromatic N) is 1. The molecule has 1 aromatic rings. The summed E-state index contributed by atoms with van der Waals surface area (Å²) in [5.74, 6) is -2.74. The number of rotatable bonds is 10. The van der Waals surface area contributed by atoms with E-state index in [2.05, 4.69) is 16.6 Å². The van der Waals surface area contributed by atoms with Crippen molar-refractivity contribution in [3.8, 4) is 5.75 Å². The Morgan fingerprint density at radius 3 is 2.69 bits per heavy atom. The lowest BCUT2D eigenvalue weighted by molar-refractivity contribution is -0.150. The van der Waals surface area contributed by atoms with Crippen LogP contribution in [0.25, 0.3) is 6.08 Å². The molecule has 4 bridgehead atoms. The molecule has 3 fully saturated rings. The summed E-state index contributed by atoms with van der Waals surface area (Å²) in [7, 11) is -2.27. The maximum Gasteiger partial charge on any atom is 0.306 e. The van der Waals surface area contributed by atoms with E-state index in [1.54, 1.807) is 7.11 Å². The summed E-state index contributed by atoms with van der Waals surface area (Å²) in [6, 6.07) is 4.75. The lowest BCUT2D eigenvalue weighted by Gasteiger charge is -2.29. The van der Waals surface area contributed by atoms with Crippen molar-refractivity contribution in [2.75, 3.05) is 20.3 Å². The third-order valence-corrected chi connectivity index (χ3v) is 11.4. The van der Waals surface area contributed by atoms with Crippen molar-refractivity contribution in [1.29, 1.82) is 0 Å². The van der Waals surface area contributed by atoms with E-state index in [9.17, 15) is 27.6 Å². The third kappa shape index (κ3) is 8.46. The topological polar surface area (TPSA) is 157 Å². The van der Waals surface area contributed by atoms with Crippen LogP contribution in [0.4, 0.5) is 0 Å². The lowest BCUT2D eigenvalue weighted by atomic mass is 9.96. The van der Waals surface area contributed by atoms with Crippen molar-refractivity contribution in [1.82, 2.24) is 14.9 Å². The fraction of sp³-hybridized carbons (Fsp3) is 0.600. The number of ether oxygens (including phenoxy) is 3. The standard InChI is InChI=1S/C35H47N3O9S/c1-4-6-11-25-18-31(39)46-14-9-7-8-10-23-15-24(17-27(16-23)45-3)22-47-28-19-30(38(21-28)33(25)41)32(40)36-35(20-26(35)5-2)34(42)37-48(43,44)29-12-13-29/h5,8,10,15-17,25-26,28-30H,2,4,6-7,9,11-14,18-22H2,1,3H3,(H,36,40)(H,37,42)/b10-8+/t25-,26-,28?,30+,35-/m1/s1. The van der Waals surface area contributed by atoms with Gasteiger partial charge in [-0.05, 0) is 67.9 Å². The van der Waals surface area contributed by atoms with Crippen LogP contribution in [0.3, 0.4) is 0 Å². The highest BCUT2D eigenvalue weighted by Gasteiger charge is 2.62. The average Bonchev–Trinajstić information content (AvgIpc) is 3.99. The van der Waals surface area contributed by atoms with Gasteiger partial charge in [0.25, 0.3) is 5.91 Å². The number of esters is 1. The Hall–Kier alpha value is -3.71. The van der Waals surface area contributed by atoms with Crippen molar-refractivity contribution >= 4 is 39.8 Å². The largest absolute Gasteiger partial charge is 0.497 e. The second-order valence-electron chi connectivity index (χ2n) is 13.3. The first kappa shape index (κ1) is 35.6. The normalized spacial score (nSPS) is 28.8. The van der Waals surface area contributed by atoms with Crippen LogP contribution in [0.5, 0.6) is 5.75 Å². The van der Waals surface area contributed by atoms with Gasteiger partial charge in [0.2, 0.25) is 21.8 Å². The maximum atomic E-state index is 14.2. The van der Waals surface area contributed by atoms with E-state index in [4.69, 9.17) is 14.2 Å². The van der Waals surface area contributed by atoms with E-state index in [1.165, 1.54) is 11.0 Å².